The molecule has 2 N–H and O–H groups in total. The van der Waals surface area contributed by atoms with Gasteiger partial charge in [-0.15, -0.1) is 0 Å². The molecule has 6 nitrogen and oxygen atoms in total. The molecule has 6 heteroatoms. The second kappa shape index (κ2) is 6.42. The van der Waals surface area contributed by atoms with Crippen LogP contribution in [0.1, 0.15) is 0 Å². The van der Waals surface area contributed by atoms with Gasteiger partial charge in [-0.1, -0.05) is 12.1 Å². The van der Waals surface area contributed by atoms with Crippen molar-refractivity contribution in [1.82, 2.24) is 4.98 Å². The number of pyridine rings is 1. The number of H-pyrrole nitrogens is 1. The molecule has 0 atom stereocenters. The highest BCUT2D eigenvalue weighted by molar-refractivity contribution is 5.91. The SMILES string of the molecule is COc1ccccc1OCC(=O)Nc1ccc(=O)[nH]c1. The van der Waals surface area contributed by atoms with Crippen molar-refractivity contribution in [2.24, 2.45) is 0 Å². The third-order valence-corrected chi connectivity index (χ3v) is 2.50. The molecule has 20 heavy (non-hydrogen) atoms. The second-order valence-electron chi connectivity index (χ2n) is 3.93. The predicted molar refractivity (Wildman–Crippen MR) is 74.2 cm³/mol. The summed E-state index contributed by atoms with van der Waals surface area (Å²) in [5.74, 6) is 0.721. The standard InChI is InChI=1S/C14H14N2O4/c1-19-11-4-2-3-5-12(11)20-9-14(18)16-10-6-7-13(17)15-8-10/h2-8H,9H2,1H3,(H,15,17)(H,16,18). The normalized spacial score (nSPS) is 9.85. The first kappa shape index (κ1) is 13.7. The van der Waals surface area contributed by atoms with Crippen molar-refractivity contribution < 1.29 is 14.3 Å². The largest absolute Gasteiger partial charge is 0.493 e. The summed E-state index contributed by atoms with van der Waals surface area (Å²) in [4.78, 5) is 25.0. The minimum absolute atomic E-state index is 0.153. The van der Waals surface area contributed by atoms with E-state index < -0.39 is 0 Å². The van der Waals surface area contributed by atoms with Crippen LogP contribution in [0, 0.1) is 0 Å². The molecule has 1 amide bonds. The maximum atomic E-state index is 11.7. The van der Waals surface area contributed by atoms with Crippen molar-refractivity contribution in [3.8, 4) is 11.5 Å². The smallest absolute Gasteiger partial charge is 0.262 e. The lowest BCUT2D eigenvalue weighted by Gasteiger charge is -2.10. The fraction of sp³-hybridized carbons (Fsp3) is 0.143. The number of carbonyl (C=O) groups is 1. The molecular weight excluding hydrogens is 260 g/mol. The number of hydrogen-bond donors (Lipinski definition) is 2. The Bertz CT molecular complexity index is 631. The molecule has 0 aliphatic heterocycles. The Kier molecular flexibility index (Phi) is 4.39. The molecule has 0 radical (unpaired) electrons. The van der Waals surface area contributed by atoms with E-state index in [0.29, 0.717) is 17.2 Å². The quantitative estimate of drug-likeness (QED) is 0.863. The molecule has 2 aromatic rings. The number of ether oxygens (including phenoxy) is 2. The lowest BCUT2D eigenvalue weighted by molar-refractivity contribution is -0.118. The van der Waals surface area contributed by atoms with Crippen LogP contribution in [-0.2, 0) is 4.79 Å². The Morgan fingerprint density at radius 2 is 1.95 bits per heavy atom. The molecular formula is C14H14N2O4. The van der Waals surface area contributed by atoms with E-state index >= 15 is 0 Å². The summed E-state index contributed by atoms with van der Waals surface area (Å²) in [7, 11) is 1.53. The van der Waals surface area contributed by atoms with Crippen molar-refractivity contribution in [1.29, 1.82) is 0 Å². The zero-order valence-corrected chi connectivity index (χ0v) is 10.9. The van der Waals surface area contributed by atoms with Crippen LogP contribution >= 0.6 is 0 Å². The number of hydrogen-bond acceptors (Lipinski definition) is 4. The molecule has 1 heterocycles. The van der Waals surface area contributed by atoms with Gasteiger partial charge < -0.3 is 19.8 Å². The van der Waals surface area contributed by atoms with Crippen LogP contribution in [0.5, 0.6) is 11.5 Å². The number of aromatic amines is 1. The van der Waals surface area contributed by atoms with E-state index in [9.17, 15) is 9.59 Å². The third-order valence-electron chi connectivity index (χ3n) is 2.50. The minimum atomic E-state index is -0.331. The molecule has 0 fully saturated rings. The predicted octanol–water partition coefficient (Wildman–Crippen LogP) is 1.40. The van der Waals surface area contributed by atoms with Crippen molar-refractivity contribution >= 4 is 11.6 Å². The van der Waals surface area contributed by atoms with Crippen LogP contribution in [0.2, 0.25) is 0 Å². The van der Waals surface area contributed by atoms with Gasteiger partial charge in [0.1, 0.15) is 0 Å². The summed E-state index contributed by atoms with van der Waals surface area (Å²) in [5.41, 5.74) is 0.270. The summed E-state index contributed by atoms with van der Waals surface area (Å²) in [6.07, 6.45) is 1.42. The summed E-state index contributed by atoms with van der Waals surface area (Å²) in [6.45, 7) is -0.153. The summed E-state index contributed by atoms with van der Waals surface area (Å²) < 4.78 is 10.5. The maximum absolute atomic E-state index is 11.7. The van der Waals surface area contributed by atoms with E-state index in [4.69, 9.17) is 9.47 Å². The number of aromatic nitrogens is 1. The highest BCUT2D eigenvalue weighted by Crippen LogP contribution is 2.25. The first-order valence-corrected chi connectivity index (χ1v) is 5.93. The molecule has 0 saturated heterocycles. The van der Waals surface area contributed by atoms with Crippen molar-refractivity contribution in [2.45, 2.75) is 0 Å². The van der Waals surface area contributed by atoms with Gasteiger partial charge in [0.15, 0.2) is 18.1 Å². The number of amides is 1. The molecule has 104 valence electrons. The molecule has 0 aliphatic rings. The van der Waals surface area contributed by atoms with Gasteiger partial charge in [0.2, 0.25) is 5.56 Å². The molecule has 2 rings (SSSR count). The van der Waals surface area contributed by atoms with Gasteiger partial charge in [-0.2, -0.15) is 0 Å². The number of para-hydroxylation sites is 2. The fourth-order valence-corrected chi connectivity index (χ4v) is 1.57. The van der Waals surface area contributed by atoms with Gasteiger partial charge in [0, 0.05) is 12.3 Å². The number of carbonyl (C=O) groups excluding carboxylic acids is 1. The molecule has 0 spiro atoms. The molecule has 0 saturated carbocycles. The van der Waals surface area contributed by atoms with E-state index in [2.05, 4.69) is 10.3 Å². The number of nitrogens with one attached hydrogen (secondary N) is 2. The van der Waals surface area contributed by atoms with E-state index in [1.54, 1.807) is 18.2 Å². The number of rotatable bonds is 5. The molecule has 0 aliphatic carbocycles. The summed E-state index contributed by atoms with van der Waals surface area (Å²) in [6, 6.07) is 9.90. The number of anilines is 1. The first-order chi connectivity index (χ1) is 9.69. The Labute approximate surface area is 115 Å². The van der Waals surface area contributed by atoms with Crippen LogP contribution < -0.4 is 20.3 Å². The van der Waals surface area contributed by atoms with Crippen molar-refractivity contribution in [3.63, 3.8) is 0 Å². The highest BCUT2D eigenvalue weighted by Gasteiger charge is 2.07. The average molecular weight is 274 g/mol. The Morgan fingerprint density at radius 1 is 1.20 bits per heavy atom. The van der Waals surface area contributed by atoms with Gasteiger partial charge in [0.25, 0.3) is 5.91 Å². The van der Waals surface area contributed by atoms with Crippen LogP contribution in [0.15, 0.2) is 47.4 Å². The van der Waals surface area contributed by atoms with E-state index in [0.717, 1.165) is 0 Å². The van der Waals surface area contributed by atoms with Gasteiger partial charge in [-0.3, -0.25) is 9.59 Å². The summed E-state index contributed by atoms with van der Waals surface area (Å²) >= 11 is 0. The minimum Gasteiger partial charge on any atom is -0.493 e. The highest BCUT2D eigenvalue weighted by atomic mass is 16.5. The Balaban J connectivity index is 1.92. The van der Waals surface area contributed by atoms with Gasteiger partial charge >= 0.3 is 0 Å². The van der Waals surface area contributed by atoms with Gasteiger partial charge in [0.05, 0.1) is 12.8 Å². The molecule has 0 bridgehead atoms. The molecule has 0 unspecified atom stereocenters. The van der Waals surface area contributed by atoms with Crippen molar-refractivity contribution in [3.05, 3.63) is 52.9 Å². The lowest BCUT2D eigenvalue weighted by Crippen LogP contribution is -2.20. The second-order valence-corrected chi connectivity index (χ2v) is 3.93. The Morgan fingerprint density at radius 3 is 2.60 bits per heavy atom. The van der Waals surface area contributed by atoms with E-state index in [1.807, 2.05) is 6.07 Å². The fourth-order valence-electron chi connectivity index (χ4n) is 1.57. The Hall–Kier alpha value is -2.76. The van der Waals surface area contributed by atoms with Crippen molar-refractivity contribution in [2.75, 3.05) is 19.0 Å². The average Bonchev–Trinajstić information content (AvgIpc) is 2.48. The number of methoxy groups -OCH3 is 1. The van der Waals surface area contributed by atoms with Crippen LogP contribution in [-0.4, -0.2) is 24.6 Å². The zero-order chi connectivity index (χ0) is 14.4. The van der Waals surface area contributed by atoms with Crippen LogP contribution in [0.4, 0.5) is 5.69 Å². The molecule has 1 aromatic carbocycles. The first-order valence-electron chi connectivity index (χ1n) is 5.93. The van der Waals surface area contributed by atoms with Gasteiger partial charge in [-0.05, 0) is 18.2 Å². The van der Waals surface area contributed by atoms with E-state index in [1.165, 1.54) is 25.4 Å². The zero-order valence-electron chi connectivity index (χ0n) is 10.9. The van der Waals surface area contributed by atoms with Crippen LogP contribution in [0.3, 0.4) is 0 Å². The van der Waals surface area contributed by atoms with E-state index in [-0.39, 0.29) is 18.1 Å². The third kappa shape index (κ3) is 3.61. The van der Waals surface area contributed by atoms with Gasteiger partial charge in [-0.25, -0.2) is 0 Å². The topological polar surface area (TPSA) is 80.4 Å². The van der Waals surface area contributed by atoms with Crippen LogP contribution in [0.25, 0.3) is 0 Å². The molecule has 1 aromatic heterocycles. The summed E-state index contributed by atoms with van der Waals surface area (Å²) in [5, 5.41) is 2.60. The monoisotopic (exact) mass is 274 g/mol. The number of benzene rings is 1. The maximum Gasteiger partial charge on any atom is 0.262 e. The lowest BCUT2D eigenvalue weighted by atomic mass is 10.3.